The van der Waals surface area contributed by atoms with Gasteiger partial charge in [0.15, 0.2) is 0 Å². The van der Waals surface area contributed by atoms with Crippen LogP contribution in [0.15, 0.2) is 89.7 Å². The van der Waals surface area contributed by atoms with Crippen LogP contribution in [0.4, 0.5) is 24.8 Å². The number of alkyl halides is 3. The van der Waals surface area contributed by atoms with Crippen LogP contribution in [0.2, 0.25) is 0 Å². The number of hydrogen-bond acceptors (Lipinski definition) is 4. The van der Waals surface area contributed by atoms with Crippen LogP contribution in [-0.2, 0) is 25.8 Å². The summed E-state index contributed by atoms with van der Waals surface area (Å²) in [6, 6.07) is 24.6. The molecule has 0 unspecified atom stereocenters. The summed E-state index contributed by atoms with van der Waals surface area (Å²) in [6.45, 7) is 2.89. The van der Waals surface area contributed by atoms with E-state index in [9.17, 15) is 18.0 Å². The lowest BCUT2D eigenvalue weighted by Gasteiger charge is -2.38. The molecule has 184 valence electrons. The normalized spacial score (nSPS) is 14.1. The van der Waals surface area contributed by atoms with Crippen LogP contribution in [0.3, 0.4) is 0 Å². The van der Waals surface area contributed by atoms with Crippen LogP contribution in [0.1, 0.15) is 27.9 Å². The second-order valence-electron chi connectivity index (χ2n) is 8.94. The number of anilines is 2. The van der Waals surface area contributed by atoms with Crippen molar-refractivity contribution in [2.24, 2.45) is 0 Å². The van der Waals surface area contributed by atoms with Gasteiger partial charge in [-0.1, -0.05) is 66.7 Å². The van der Waals surface area contributed by atoms with Gasteiger partial charge in [0.25, 0.3) is 5.56 Å². The van der Waals surface area contributed by atoms with Gasteiger partial charge in [0.1, 0.15) is 0 Å². The SMILES string of the molecule is Cc1nc2n(c(=O)c1Cc1ccccc1)CN(Cc1ccccc1)CN2c1cccc(C(F)(F)F)c1. The molecule has 8 heteroatoms. The van der Waals surface area contributed by atoms with E-state index in [-0.39, 0.29) is 12.2 Å². The van der Waals surface area contributed by atoms with Crippen molar-refractivity contribution in [3.8, 4) is 0 Å². The molecule has 0 bridgehead atoms. The quantitative estimate of drug-likeness (QED) is 0.358. The summed E-state index contributed by atoms with van der Waals surface area (Å²) in [6.07, 6.45) is -4.04. The minimum Gasteiger partial charge on any atom is -0.298 e. The van der Waals surface area contributed by atoms with Crippen LogP contribution in [0.25, 0.3) is 0 Å². The summed E-state index contributed by atoms with van der Waals surface area (Å²) in [7, 11) is 0. The smallest absolute Gasteiger partial charge is 0.298 e. The summed E-state index contributed by atoms with van der Waals surface area (Å²) in [5, 5.41) is 0. The first-order chi connectivity index (χ1) is 17.3. The van der Waals surface area contributed by atoms with Crippen molar-refractivity contribution in [3.63, 3.8) is 0 Å². The Morgan fingerprint density at radius 2 is 1.53 bits per heavy atom. The molecule has 0 fully saturated rings. The maximum absolute atomic E-state index is 13.7. The molecule has 1 aliphatic rings. The van der Waals surface area contributed by atoms with E-state index in [1.807, 2.05) is 65.6 Å². The fourth-order valence-corrected chi connectivity index (χ4v) is 4.52. The highest BCUT2D eigenvalue weighted by Gasteiger charge is 2.33. The molecular formula is C28H25F3N4O. The van der Waals surface area contributed by atoms with E-state index in [1.165, 1.54) is 6.07 Å². The number of benzene rings is 3. The molecule has 36 heavy (non-hydrogen) atoms. The third kappa shape index (κ3) is 4.90. The first-order valence-electron chi connectivity index (χ1n) is 11.6. The molecule has 0 N–H and O–H groups in total. The zero-order chi connectivity index (χ0) is 25.3. The van der Waals surface area contributed by atoms with Crippen LogP contribution in [0, 0.1) is 6.92 Å². The summed E-state index contributed by atoms with van der Waals surface area (Å²) in [5.74, 6) is 0.345. The van der Waals surface area contributed by atoms with E-state index in [2.05, 4.69) is 0 Å². The van der Waals surface area contributed by atoms with Crippen molar-refractivity contribution in [2.45, 2.75) is 32.7 Å². The zero-order valence-corrected chi connectivity index (χ0v) is 19.7. The average molecular weight is 491 g/mol. The maximum Gasteiger partial charge on any atom is 0.416 e. The van der Waals surface area contributed by atoms with Crippen molar-refractivity contribution >= 4 is 11.6 Å². The number of hydrogen-bond donors (Lipinski definition) is 0. The predicted octanol–water partition coefficient (Wildman–Crippen LogP) is 5.73. The molecule has 5 nitrogen and oxygen atoms in total. The largest absolute Gasteiger partial charge is 0.416 e. The van der Waals surface area contributed by atoms with E-state index >= 15 is 0 Å². The van der Waals surface area contributed by atoms with Crippen LogP contribution in [-0.4, -0.2) is 21.1 Å². The molecular weight excluding hydrogens is 465 g/mol. The standard InChI is InChI=1S/C28H25F3N4O/c1-20-25(15-21-9-4-2-5-10-21)26(36)35-19-33(17-22-11-6-3-7-12-22)18-34(27(35)32-20)24-14-8-13-23(16-24)28(29,30)31/h2-14,16H,15,17-19H2,1H3. The van der Waals surface area contributed by atoms with Gasteiger partial charge in [-0.2, -0.15) is 13.2 Å². The van der Waals surface area contributed by atoms with Crippen LogP contribution >= 0.6 is 0 Å². The molecule has 0 radical (unpaired) electrons. The summed E-state index contributed by atoms with van der Waals surface area (Å²) in [4.78, 5) is 22.2. The van der Waals surface area contributed by atoms with E-state index in [1.54, 1.807) is 22.5 Å². The molecule has 0 saturated heterocycles. The number of rotatable bonds is 5. The van der Waals surface area contributed by atoms with Crippen molar-refractivity contribution in [1.29, 1.82) is 0 Å². The van der Waals surface area contributed by atoms with Crippen molar-refractivity contribution < 1.29 is 13.2 Å². The number of aryl methyl sites for hydroxylation is 1. The first-order valence-corrected chi connectivity index (χ1v) is 11.6. The molecule has 0 amide bonds. The lowest BCUT2D eigenvalue weighted by atomic mass is 10.1. The van der Waals surface area contributed by atoms with Gasteiger partial charge in [0.05, 0.1) is 24.6 Å². The van der Waals surface area contributed by atoms with Gasteiger partial charge >= 0.3 is 6.18 Å². The molecule has 0 atom stereocenters. The van der Waals surface area contributed by atoms with Gasteiger partial charge < -0.3 is 0 Å². The van der Waals surface area contributed by atoms with Crippen LogP contribution in [0.5, 0.6) is 0 Å². The molecule has 4 aromatic rings. The molecule has 0 saturated carbocycles. The molecule has 3 aromatic carbocycles. The second kappa shape index (κ2) is 9.62. The lowest BCUT2D eigenvalue weighted by Crippen LogP contribution is -2.47. The average Bonchev–Trinajstić information content (AvgIpc) is 2.87. The predicted molar refractivity (Wildman–Crippen MR) is 133 cm³/mol. The molecule has 1 aromatic heterocycles. The Kier molecular flexibility index (Phi) is 6.36. The minimum absolute atomic E-state index is 0.184. The highest BCUT2D eigenvalue weighted by Crippen LogP contribution is 2.34. The fourth-order valence-electron chi connectivity index (χ4n) is 4.52. The molecule has 0 aliphatic carbocycles. The number of halogens is 3. The van der Waals surface area contributed by atoms with Crippen molar-refractivity contribution in [1.82, 2.24) is 14.5 Å². The fraction of sp³-hybridized carbons (Fsp3) is 0.214. The van der Waals surface area contributed by atoms with E-state index < -0.39 is 11.7 Å². The Hall–Kier alpha value is -3.91. The number of fused-ring (bicyclic) bond motifs is 1. The van der Waals surface area contributed by atoms with Gasteiger partial charge in [-0.3, -0.25) is 19.2 Å². The van der Waals surface area contributed by atoms with Gasteiger partial charge in [-0.15, -0.1) is 0 Å². The zero-order valence-electron chi connectivity index (χ0n) is 19.7. The molecule has 5 rings (SSSR count). The summed E-state index contributed by atoms with van der Waals surface area (Å²) >= 11 is 0. The molecule has 2 heterocycles. The lowest BCUT2D eigenvalue weighted by molar-refractivity contribution is -0.137. The Labute approximate surface area is 207 Å². The van der Waals surface area contributed by atoms with E-state index in [0.29, 0.717) is 42.5 Å². The summed E-state index contributed by atoms with van der Waals surface area (Å²) in [5.41, 5.74) is 2.59. The third-order valence-electron chi connectivity index (χ3n) is 6.33. The van der Waals surface area contributed by atoms with Crippen molar-refractivity contribution in [3.05, 3.63) is 123 Å². The van der Waals surface area contributed by atoms with E-state index in [4.69, 9.17) is 4.98 Å². The van der Waals surface area contributed by atoms with E-state index in [0.717, 1.165) is 23.3 Å². The van der Waals surface area contributed by atoms with Gasteiger partial charge in [0, 0.05) is 24.2 Å². The Balaban J connectivity index is 1.60. The summed E-state index contributed by atoms with van der Waals surface area (Å²) < 4.78 is 42.0. The third-order valence-corrected chi connectivity index (χ3v) is 6.33. The van der Waals surface area contributed by atoms with Crippen LogP contribution < -0.4 is 10.5 Å². The topological polar surface area (TPSA) is 41.4 Å². The highest BCUT2D eigenvalue weighted by atomic mass is 19.4. The van der Waals surface area contributed by atoms with Gasteiger partial charge in [0.2, 0.25) is 5.95 Å². The van der Waals surface area contributed by atoms with Crippen molar-refractivity contribution in [2.75, 3.05) is 11.6 Å². The highest BCUT2D eigenvalue weighted by molar-refractivity contribution is 5.60. The molecule has 0 spiro atoms. The van der Waals surface area contributed by atoms with Gasteiger partial charge in [-0.25, -0.2) is 4.98 Å². The first kappa shape index (κ1) is 23.8. The number of nitrogens with zero attached hydrogens (tertiary/aromatic N) is 4. The maximum atomic E-state index is 13.7. The second-order valence-corrected chi connectivity index (χ2v) is 8.94. The molecule has 1 aliphatic heterocycles. The Morgan fingerprint density at radius 1 is 0.861 bits per heavy atom. The Morgan fingerprint density at radius 3 is 2.19 bits per heavy atom. The van der Waals surface area contributed by atoms with Gasteiger partial charge in [-0.05, 0) is 36.2 Å². The monoisotopic (exact) mass is 490 g/mol. The minimum atomic E-state index is -4.47. The number of aromatic nitrogens is 2. The Bertz CT molecular complexity index is 1420.